The maximum Gasteiger partial charge on any atom is 0.0607 e. The molecule has 4 aliphatic rings. The van der Waals surface area contributed by atoms with Crippen LogP contribution in [0, 0.1) is 34.5 Å². The van der Waals surface area contributed by atoms with Crippen molar-refractivity contribution in [3.8, 4) is 0 Å². The minimum absolute atomic E-state index is 0.0515. The molecule has 4 saturated carbocycles. The van der Waals surface area contributed by atoms with Gasteiger partial charge in [0.25, 0.3) is 0 Å². The largest absolute Gasteiger partial charge is 0.393 e. The zero-order chi connectivity index (χ0) is 9.72. The monoisotopic (exact) mass is 192 g/mol. The lowest BCUT2D eigenvalue weighted by Crippen LogP contribution is -2.62. The van der Waals surface area contributed by atoms with Gasteiger partial charge in [-0.25, -0.2) is 0 Å². The highest BCUT2D eigenvalue weighted by Crippen LogP contribution is 2.82. The average molecular weight is 192 g/mol. The molecule has 0 aromatic heterocycles. The first-order valence-electron chi connectivity index (χ1n) is 6.28. The molecule has 1 N–H and O–H groups in total. The third-order valence-electron chi connectivity index (χ3n) is 7.16. The van der Waals surface area contributed by atoms with E-state index in [0.29, 0.717) is 22.7 Å². The maximum atomic E-state index is 10.3. The second kappa shape index (κ2) is 1.93. The van der Waals surface area contributed by atoms with E-state index in [2.05, 4.69) is 13.8 Å². The van der Waals surface area contributed by atoms with Gasteiger partial charge in [0.15, 0.2) is 0 Å². The highest BCUT2D eigenvalue weighted by Gasteiger charge is 2.78. The Morgan fingerprint density at radius 2 is 1.36 bits per heavy atom. The van der Waals surface area contributed by atoms with E-state index in [9.17, 15) is 5.11 Å². The Hall–Kier alpha value is -0.0400. The molecule has 0 aromatic rings. The van der Waals surface area contributed by atoms with Gasteiger partial charge in [0, 0.05) is 0 Å². The molecule has 1 heteroatoms. The van der Waals surface area contributed by atoms with Crippen LogP contribution >= 0.6 is 0 Å². The molecule has 0 bridgehead atoms. The second-order valence-electron chi connectivity index (χ2n) is 6.71. The van der Waals surface area contributed by atoms with Crippen molar-refractivity contribution in [3.05, 3.63) is 0 Å². The van der Waals surface area contributed by atoms with Gasteiger partial charge in [0.2, 0.25) is 0 Å². The van der Waals surface area contributed by atoms with Crippen LogP contribution in [0.3, 0.4) is 0 Å². The van der Waals surface area contributed by atoms with Crippen LogP contribution in [0.2, 0.25) is 0 Å². The van der Waals surface area contributed by atoms with Gasteiger partial charge in [-0.3, -0.25) is 0 Å². The minimum Gasteiger partial charge on any atom is -0.393 e. The number of hydrogen-bond donors (Lipinski definition) is 1. The van der Waals surface area contributed by atoms with E-state index in [1.165, 1.54) is 25.7 Å². The summed E-state index contributed by atoms with van der Waals surface area (Å²) in [7, 11) is 0. The van der Waals surface area contributed by atoms with Crippen LogP contribution in [0.4, 0.5) is 0 Å². The van der Waals surface area contributed by atoms with Crippen molar-refractivity contribution in [1.29, 1.82) is 0 Å². The van der Waals surface area contributed by atoms with Crippen molar-refractivity contribution in [1.82, 2.24) is 0 Å². The van der Waals surface area contributed by atoms with E-state index in [-0.39, 0.29) is 6.10 Å². The fourth-order valence-electron chi connectivity index (χ4n) is 6.06. The second-order valence-corrected chi connectivity index (χ2v) is 6.71. The maximum absolute atomic E-state index is 10.3. The molecule has 78 valence electrons. The summed E-state index contributed by atoms with van der Waals surface area (Å²) in [5.74, 6) is 3.22. The van der Waals surface area contributed by atoms with Crippen LogP contribution in [0.1, 0.15) is 39.5 Å². The average Bonchev–Trinajstić information content (AvgIpc) is 2.34. The lowest BCUT2D eigenvalue weighted by molar-refractivity contribution is -0.205. The van der Waals surface area contributed by atoms with Gasteiger partial charge in [-0.05, 0) is 60.2 Å². The van der Waals surface area contributed by atoms with Gasteiger partial charge in [0.1, 0.15) is 0 Å². The molecule has 0 aromatic carbocycles. The first kappa shape index (κ1) is 8.15. The predicted octanol–water partition coefficient (Wildman–Crippen LogP) is 2.44. The molecule has 0 amide bonds. The number of aliphatic hydroxyl groups is 1. The van der Waals surface area contributed by atoms with E-state index in [0.717, 1.165) is 11.8 Å². The van der Waals surface area contributed by atoms with E-state index in [1.807, 2.05) is 0 Å². The summed E-state index contributed by atoms with van der Waals surface area (Å²) in [6, 6.07) is 0. The van der Waals surface area contributed by atoms with E-state index >= 15 is 0 Å². The van der Waals surface area contributed by atoms with Crippen LogP contribution in [-0.2, 0) is 0 Å². The Morgan fingerprint density at radius 1 is 0.929 bits per heavy atom. The molecule has 0 radical (unpaired) electrons. The van der Waals surface area contributed by atoms with Gasteiger partial charge < -0.3 is 5.11 Å². The third-order valence-corrected chi connectivity index (χ3v) is 7.16. The summed E-state index contributed by atoms with van der Waals surface area (Å²) in [4.78, 5) is 0. The lowest BCUT2D eigenvalue weighted by atomic mass is 9.36. The first-order chi connectivity index (χ1) is 6.60. The first-order valence-corrected chi connectivity index (χ1v) is 6.28. The predicted molar refractivity (Wildman–Crippen MR) is 54.6 cm³/mol. The van der Waals surface area contributed by atoms with Crippen molar-refractivity contribution in [2.45, 2.75) is 45.6 Å². The Bertz CT molecular complexity index is 282. The molecule has 0 heterocycles. The summed E-state index contributed by atoms with van der Waals surface area (Å²) < 4.78 is 0. The fourth-order valence-corrected chi connectivity index (χ4v) is 6.06. The molecular formula is C13H20O. The number of aliphatic hydroxyl groups excluding tert-OH is 1. The van der Waals surface area contributed by atoms with Gasteiger partial charge in [-0.15, -0.1) is 0 Å². The van der Waals surface area contributed by atoms with Gasteiger partial charge in [-0.1, -0.05) is 13.8 Å². The molecule has 1 nitrogen and oxygen atoms in total. The molecule has 6 unspecified atom stereocenters. The highest BCUT2D eigenvalue weighted by molar-refractivity contribution is 5.27. The highest BCUT2D eigenvalue weighted by atomic mass is 16.3. The van der Waals surface area contributed by atoms with Crippen molar-refractivity contribution >= 4 is 0 Å². The normalized spacial score (nSPS) is 73.5. The molecule has 4 fully saturated rings. The smallest absolute Gasteiger partial charge is 0.0607 e. The Morgan fingerprint density at radius 3 is 1.79 bits per heavy atom. The topological polar surface area (TPSA) is 20.2 Å². The standard InChI is InChI=1S/C13H20O/c1-12-7-3-4-8-6-10(13(8,12)2)11(14)9(12)5-7/h7-11,14H,3-6H2,1-2H3. The van der Waals surface area contributed by atoms with Gasteiger partial charge in [0.05, 0.1) is 6.10 Å². The molecule has 0 saturated heterocycles. The van der Waals surface area contributed by atoms with Crippen LogP contribution in [0.5, 0.6) is 0 Å². The molecular weight excluding hydrogens is 172 g/mol. The summed E-state index contributed by atoms with van der Waals surface area (Å²) in [5, 5.41) is 10.3. The van der Waals surface area contributed by atoms with Crippen LogP contribution in [0.25, 0.3) is 0 Å². The van der Waals surface area contributed by atoms with Crippen molar-refractivity contribution in [2.75, 3.05) is 0 Å². The number of rotatable bonds is 0. The van der Waals surface area contributed by atoms with E-state index in [4.69, 9.17) is 0 Å². The van der Waals surface area contributed by atoms with E-state index in [1.54, 1.807) is 0 Å². The van der Waals surface area contributed by atoms with Gasteiger partial charge in [-0.2, -0.15) is 0 Å². The fraction of sp³-hybridized carbons (Fsp3) is 1.00. The summed E-state index contributed by atoms with van der Waals surface area (Å²) in [5.41, 5.74) is 1.05. The third kappa shape index (κ3) is 0.493. The Balaban J connectivity index is 1.89. The summed E-state index contributed by atoms with van der Waals surface area (Å²) >= 11 is 0. The zero-order valence-corrected chi connectivity index (χ0v) is 9.16. The summed E-state index contributed by atoms with van der Waals surface area (Å²) in [6.07, 6.45) is 5.61. The van der Waals surface area contributed by atoms with Crippen molar-refractivity contribution in [2.24, 2.45) is 34.5 Å². The van der Waals surface area contributed by atoms with Crippen LogP contribution in [0.15, 0.2) is 0 Å². The molecule has 4 rings (SSSR count). The Kier molecular flexibility index (Phi) is 1.13. The molecule has 6 atom stereocenters. The summed E-state index contributed by atoms with van der Waals surface area (Å²) in [6.45, 7) is 4.97. The molecule has 14 heavy (non-hydrogen) atoms. The zero-order valence-electron chi connectivity index (χ0n) is 9.16. The SMILES string of the molecule is CC12C3CCC4CC(C(O)C1C3)C42C. The van der Waals surface area contributed by atoms with Crippen molar-refractivity contribution < 1.29 is 5.11 Å². The van der Waals surface area contributed by atoms with Crippen LogP contribution in [-0.4, -0.2) is 11.2 Å². The number of hydrogen-bond acceptors (Lipinski definition) is 1. The molecule has 0 spiro atoms. The quantitative estimate of drug-likeness (QED) is 0.625. The minimum atomic E-state index is 0.0515. The van der Waals surface area contributed by atoms with E-state index < -0.39 is 0 Å². The molecule has 4 aliphatic carbocycles. The molecule has 0 aliphatic heterocycles. The Labute approximate surface area is 85.9 Å². The van der Waals surface area contributed by atoms with Gasteiger partial charge >= 0.3 is 0 Å². The lowest BCUT2D eigenvalue weighted by Gasteiger charge is -2.68. The van der Waals surface area contributed by atoms with Crippen molar-refractivity contribution in [3.63, 3.8) is 0 Å². The van der Waals surface area contributed by atoms with Crippen LogP contribution < -0.4 is 0 Å².